The standard InChI is InChI=1S/C20H20N2O3/c1-2-11-22(13-17-5-3-16(12-21)4-6-17)20(24)15-25-19-9-7-18(14-23)8-10-19/h3-10,14H,2,11,13,15H2,1H3. The average Bonchev–Trinajstić information content (AvgIpc) is 2.66. The number of benzene rings is 2. The fraction of sp³-hybridized carbons (Fsp3) is 0.250. The van der Waals surface area contributed by atoms with E-state index in [0.29, 0.717) is 30.0 Å². The molecule has 0 aromatic heterocycles. The van der Waals surface area contributed by atoms with Gasteiger partial charge in [-0.3, -0.25) is 9.59 Å². The van der Waals surface area contributed by atoms with E-state index < -0.39 is 0 Å². The number of nitrogens with zero attached hydrogens (tertiary/aromatic N) is 2. The molecule has 128 valence electrons. The second-order valence-corrected chi connectivity index (χ2v) is 5.60. The van der Waals surface area contributed by atoms with Gasteiger partial charge in [-0.15, -0.1) is 0 Å². The first-order valence-corrected chi connectivity index (χ1v) is 8.11. The van der Waals surface area contributed by atoms with E-state index >= 15 is 0 Å². The number of carbonyl (C=O) groups is 2. The fourth-order valence-corrected chi connectivity index (χ4v) is 2.35. The number of nitriles is 1. The van der Waals surface area contributed by atoms with Gasteiger partial charge >= 0.3 is 0 Å². The summed E-state index contributed by atoms with van der Waals surface area (Å²) in [7, 11) is 0. The van der Waals surface area contributed by atoms with Crippen molar-refractivity contribution >= 4 is 12.2 Å². The minimum absolute atomic E-state index is 0.0588. The van der Waals surface area contributed by atoms with E-state index in [1.165, 1.54) is 0 Å². The normalized spacial score (nSPS) is 9.92. The number of rotatable bonds is 8. The van der Waals surface area contributed by atoms with Crippen LogP contribution in [0.15, 0.2) is 48.5 Å². The fourth-order valence-electron chi connectivity index (χ4n) is 2.35. The Kier molecular flexibility index (Phi) is 6.73. The Bertz CT molecular complexity index is 746. The zero-order valence-electron chi connectivity index (χ0n) is 14.1. The lowest BCUT2D eigenvalue weighted by Crippen LogP contribution is -2.35. The van der Waals surface area contributed by atoms with Crippen molar-refractivity contribution in [2.24, 2.45) is 0 Å². The molecule has 5 nitrogen and oxygen atoms in total. The van der Waals surface area contributed by atoms with Gasteiger partial charge in [0.25, 0.3) is 5.91 Å². The van der Waals surface area contributed by atoms with Crippen molar-refractivity contribution in [1.82, 2.24) is 4.90 Å². The third-order valence-electron chi connectivity index (χ3n) is 3.68. The summed E-state index contributed by atoms with van der Waals surface area (Å²) in [5.74, 6) is 0.444. The highest BCUT2D eigenvalue weighted by Crippen LogP contribution is 2.12. The Labute approximate surface area is 147 Å². The smallest absolute Gasteiger partial charge is 0.260 e. The van der Waals surface area contributed by atoms with Gasteiger partial charge in [-0.1, -0.05) is 19.1 Å². The van der Waals surface area contributed by atoms with E-state index in [0.717, 1.165) is 18.3 Å². The maximum absolute atomic E-state index is 12.4. The van der Waals surface area contributed by atoms with Gasteiger partial charge in [0.05, 0.1) is 11.6 Å². The molecule has 0 saturated carbocycles. The summed E-state index contributed by atoms with van der Waals surface area (Å²) in [4.78, 5) is 24.8. The van der Waals surface area contributed by atoms with Crippen molar-refractivity contribution in [3.05, 3.63) is 65.2 Å². The second-order valence-electron chi connectivity index (χ2n) is 5.60. The molecule has 0 atom stereocenters. The summed E-state index contributed by atoms with van der Waals surface area (Å²) in [5, 5.41) is 8.84. The van der Waals surface area contributed by atoms with Crippen molar-refractivity contribution in [3.63, 3.8) is 0 Å². The highest BCUT2D eigenvalue weighted by atomic mass is 16.5. The molecule has 0 aliphatic heterocycles. The molecule has 0 N–H and O–H groups in total. The van der Waals surface area contributed by atoms with Gasteiger partial charge in [0.2, 0.25) is 0 Å². The summed E-state index contributed by atoms with van der Waals surface area (Å²) in [6.45, 7) is 3.06. The number of amides is 1. The van der Waals surface area contributed by atoms with Crippen LogP contribution in [0.1, 0.15) is 34.8 Å². The molecule has 0 radical (unpaired) electrons. The highest BCUT2D eigenvalue weighted by molar-refractivity contribution is 5.78. The number of carbonyl (C=O) groups excluding carboxylic acids is 2. The molecule has 1 amide bonds. The molecule has 0 aliphatic carbocycles. The molecule has 0 aliphatic rings. The van der Waals surface area contributed by atoms with E-state index in [2.05, 4.69) is 6.07 Å². The Morgan fingerprint density at radius 1 is 1.16 bits per heavy atom. The maximum atomic E-state index is 12.4. The first-order valence-electron chi connectivity index (χ1n) is 8.11. The summed E-state index contributed by atoms with van der Waals surface area (Å²) >= 11 is 0. The van der Waals surface area contributed by atoms with Crippen LogP contribution in [0.25, 0.3) is 0 Å². The maximum Gasteiger partial charge on any atom is 0.260 e. The zero-order valence-corrected chi connectivity index (χ0v) is 14.1. The van der Waals surface area contributed by atoms with Gasteiger partial charge < -0.3 is 9.64 Å². The van der Waals surface area contributed by atoms with Gasteiger partial charge in [-0.2, -0.15) is 5.26 Å². The average molecular weight is 336 g/mol. The van der Waals surface area contributed by atoms with Crippen LogP contribution in [0.2, 0.25) is 0 Å². The van der Waals surface area contributed by atoms with Crippen LogP contribution >= 0.6 is 0 Å². The molecule has 0 saturated heterocycles. The van der Waals surface area contributed by atoms with Crippen LogP contribution in [0, 0.1) is 11.3 Å². The van der Waals surface area contributed by atoms with E-state index in [1.54, 1.807) is 41.3 Å². The van der Waals surface area contributed by atoms with Crippen LogP contribution in [0.3, 0.4) is 0 Å². The van der Waals surface area contributed by atoms with Crippen LogP contribution in [-0.2, 0) is 11.3 Å². The second kappa shape index (κ2) is 9.24. The van der Waals surface area contributed by atoms with Gasteiger partial charge in [0.15, 0.2) is 6.61 Å². The number of hydrogen-bond donors (Lipinski definition) is 0. The molecule has 0 fully saturated rings. The lowest BCUT2D eigenvalue weighted by Gasteiger charge is -2.22. The van der Waals surface area contributed by atoms with Gasteiger partial charge in [-0.05, 0) is 48.4 Å². The Morgan fingerprint density at radius 2 is 1.84 bits per heavy atom. The molecule has 0 heterocycles. The van der Waals surface area contributed by atoms with E-state index in [1.807, 2.05) is 19.1 Å². The molecule has 0 spiro atoms. The van der Waals surface area contributed by atoms with Crippen molar-refractivity contribution < 1.29 is 14.3 Å². The van der Waals surface area contributed by atoms with Crippen LogP contribution in [0.4, 0.5) is 0 Å². The Hall–Kier alpha value is -3.13. The summed E-state index contributed by atoms with van der Waals surface area (Å²) < 4.78 is 5.52. The van der Waals surface area contributed by atoms with Crippen molar-refractivity contribution in [3.8, 4) is 11.8 Å². The first-order chi connectivity index (χ1) is 12.2. The lowest BCUT2D eigenvalue weighted by atomic mass is 10.1. The number of aldehydes is 1. The first kappa shape index (κ1) is 18.2. The van der Waals surface area contributed by atoms with Crippen LogP contribution in [0.5, 0.6) is 5.75 Å². The largest absolute Gasteiger partial charge is 0.484 e. The van der Waals surface area contributed by atoms with Crippen LogP contribution < -0.4 is 4.74 Å². The third kappa shape index (κ3) is 5.47. The molecular formula is C20H20N2O3. The molecule has 5 heteroatoms. The molecule has 2 rings (SSSR count). The number of hydrogen-bond acceptors (Lipinski definition) is 4. The highest BCUT2D eigenvalue weighted by Gasteiger charge is 2.14. The predicted octanol–water partition coefficient (Wildman–Crippen LogP) is 3.19. The predicted molar refractivity (Wildman–Crippen MR) is 94.2 cm³/mol. The van der Waals surface area contributed by atoms with Gasteiger partial charge in [0.1, 0.15) is 12.0 Å². The van der Waals surface area contributed by atoms with E-state index in [9.17, 15) is 9.59 Å². The molecule has 2 aromatic carbocycles. The topological polar surface area (TPSA) is 70.4 Å². The summed E-state index contributed by atoms with van der Waals surface area (Å²) in [5.41, 5.74) is 2.13. The van der Waals surface area contributed by atoms with Gasteiger partial charge in [0, 0.05) is 18.7 Å². The summed E-state index contributed by atoms with van der Waals surface area (Å²) in [6, 6.07) is 15.9. The molecule has 0 unspecified atom stereocenters. The minimum atomic E-state index is -0.106. The minimum Gasteiger partial charge on any atom is -0.484 e. The number of ether oxygens (including phenoxy) is 1. The van der Waals surface area contributed by atoms with E-state index in [4.69, 9.17) is 10.00 Å². The Balaban J connectivity index is 1.96. The van der Waals surface area contributed by atoms with Gasteiger partial charge in [-0.25, -0.2) is 0 Å². The van der Waals surface area contributed by atoms with Crippen LogP contribution in [-0.4, -0.2) is 30.2 Å². The molecule has 25 heavy (non-hydrogen) atoms. The molecule has 2 aromatic rings. The van der Waals surface area contributed by atoms with E-state index in [-0.39, 0.29) is 12.5 Å². The molecule has 0 bridgehead atoms. The SMILES string of the molecule is CCCN(Cc1ccc(C#N)cc1)C(=O)COc1ccc(C=O)cc1. The third-order valence-corrected chi connectivity index (χ3v) is 3.68. The lowest BCUT2D eigenvalue weighted by molar-refractivity contribution is -0.134. The van der Waals surface area contributed by atoms with Crippen molar-refractivity contribution in [2.75, 3.05) is 13.2 Å². The zero-order chi connectivity index (χ0) is 18.1. The Morgan fingerprint density at radius 3 is 2.40 bits per heavy atom. The monoisotopic (exact) mass is 336 g/mol. The molecular weight excluding hydrogens is 316 g/mol. The van der Waals surface area contributed by atoms with Crippen molar-refractivity contribution in [2.45, 2.75) is 19.9 Å². The quantitative estimate of drug-likeness (QED) is 0.694. The summed E-state index contributed by atoms with van der Waals surface area (Å²) in [6.07, 6.45) is 1.60. The van der Waals surface area contributed by atoms with Crippen molar-refractivity contribution in [1.29, 1.82) is 5.26 Å².